The van der Waals surface area contributed by atoms with Crippen LogP contribution in [0.1, 0.15) is 64.5 Å². The lowest BCUT2D eigenvalue weighted by Gasteiger charge is -2.35. The van der Waals surface area contributed by atoms with E-state index in [2.05, 4.69) is 25.4 Å². The lowest BCUT2D eigenvalue weighted by molar-refractivity contribution is 0.0930. The quantitative estimate of drug-likeness (QED) is 0.869. The summed E-state index contributed by atoms with van der Waals surface area (Å²) in [4.78, 5) is 24.4. The van der Waals surface area contributed by atoms with Gasteiger partial charge in [-0.15, -0.1) is 0 Å². The van der Waals surface area contributed by atoms with Gasteiger partial charge >= 0.3 is 0 Å². The number of rotatable bonds is 3. The van der Waals surface area contributed by atoms with E-state index in [0.717, 1.165) is 61.8 Å². The molecule has 0 aromatic carbocycles. The molecule has 1 aliphatic heterocycles. The van der Waals surface area contributed by atoms with E-state index in [4.69, 9.17) is 4.98 Å². The highest BCUT2D eigenvalue weighted by Crippen LogP contribution is 2.29. The van der Waals surface area contributed by atoms with Crippen molar-refractivity contribution in [3.05, 3.63) is 34.0 Å². The molecular weight excluding hydrogens is 340 g/mol. The van der Waals surface area contributed by atoms with Crippen molar-refractivity contribution in [1.82, 2.24) is 25.5 Å². The summed E-state index contributed by atoms with van der Waals surface area (Å²) >= 11 is 0. The Morgan fingerprint density at radius 3 is 2.56 bits per heavy atom. The van der Waals surface area contributed by atoms with Gasteiger partial charge in [-0.25, -0.2) is 9.97 Å². The fourth-order valence-corrected chi connectivity index (χ4v) is 4.33. The molecule has 1 amide bonds. The maximum atomic E-state index is 12.6. The topological polar surface area (TPSA) is 86.8 Å². The minimum absolute atomic E-state index is 0.0209. The maximum Gasteiger partial charge on any atom is 0.255 e. The third-order valence-corrected chi connectivity index (χ3v) is 5.76. The third-order valence-electron chi connectivity index (χ3n) is 5.76. The molecule has 7 nitrogen and oxygen atoms in total. The van der Waals surface area contributed by atoms with Crippen molar-refractivity contribution in [1.29, 1.82) is 0 Å². The average molecular weight is 368 g/mol. The minimum atomic E-state index is -0.0209. The molecule has 7 heteroatoms. The Hall–Kier alpha value is -2.44. The molecule has 2 aromatic rings. The molecule has 3 heterocycles. The van der Waals surface area contributed by atoms with Crippen molar-refractivity contribution < 1.29 is 4.79 Å². The van der Waals surface area contributed by atoms with Crippen LogP contribution in [0, 0.1) is 20.8 Å². The number of piperidine rings is 1. The summed E-state index contributed by atoms with van der Waals surface area (Å²) in [6, 6.07) is 0.196. The molecular formula is C20H28N6O. The standard InChI is InChI=1S/C20H28N6O/c1-12-18(13(2)25-24-12)20(27)23-15-8-10-26(11-9-15)19-16-6-4-5-7-17(16)21-14(3)22-19/h15H,4-11H2,1-3H3,(H,23,27)(H,24,25). The number of aromatic amines is 1. The number of carbonyl (C=O) groups is 1. The van der Waals surface area contributed by atoms with Gasteiger partial charge in [0.1, 0.15) is 11.6 Å². The monoisotopic (exact) mass is 368 g/mol. The molecule has 1 aliphatic carbocycles. The van der Waals surface area contributed by atoms with Gasteiger partial charge in [-0.3, -0.25) is 9.89 Å². The molecule has 2 aliphatic rings. The van der Waals surface area contributed by atoms with Crippen molar-refractivity contribution in [2.24, 2.45) is 0 Å². The Morgan fingerprint density at radius 2 is 1.85 bits per heavy atom. The van der Waals surface area contributed by atoms with Gasteiger partial charge in [-0.1, -0.05) is 0 Å². The van der Waals surface area contributed by atoms with Gasteiger partial charge in [-0.05, 0) is 59.3 Å². The molecule has 2 N–H and O–H groups in total. The molecule has 0 bridgehead atoms. The second kappa shape index (κ2) is 7.29. The molecule has 0 saturated carbocycles. The van der Waals surface area contributed by atoms with Crippen LogP contribution in [0.2, 0.25) is 0 Å². The number of carbonyl (C=O) groups excluding carboxylic acids is 1. The Balaban J connectivity index is 1.43. The van der Waals surface area contributed by atoms with Gasteiger partial charge in [0.25, 0.3) is 5.91 Å². The Kier molecular flexibility index (Phi) is 4.85. The lowest BCUT2D eigenvalue weighted by Crippen LogP contribution is -2.45. The van der Waals surface area contributed by atoms with Gasteiger partial charge in [0, 0.05) is 36.1 Å². The first-order valence-electron chi connectivity index (χ1n) is 9.96. The first-order valence-corrected chi connectivity index (χ1v) is 9.96. The highest BCUT2D eigenvalue weighted by molar-refractivity contribution is 5.96. The fraction of sp³-hybridized carbons (Fsp3) is 0.600. The Labute approximate surface area is 160 Å². The molecule has 0 radical (unpaired) electrons. The van der Waals surface area contributed by atoms with E-state index in [9.17, 15) is 4.79 Å². The summed E-state index contributed by atoms with van der Waals surface area (Å²) in [5.41, 5.74) is 4.85. The van der Waals surface area contributed by atoms with Gasteiger partial charge in [-0.2, -0.15) is 5.10 Å². The molecule has 0 spiro atoms. The number of aromatic nitrogens is 4. The number of amides is 1. The van der Waals surface area contributed by atoms with Crippen LogP contribution < -0.4 is 10.2 Å². The fourth-order valence-electron chi connectivity index (χ4n) is 4.33. The summed E-state index contributed by atoms with van der Waals surface area (Å²) in [5, 5.41) is 10.2. The van der Waals surface area contributed by atoms with Crippen LogP contribution in [0.25, 0.3) is 0 Å². The number of nitrogens with one attached hydrogen (secondary N) is 2. The summed E-state index contributed by atoms with van der Waals surface area (Å²) < 4.78 is 0. The Morgan fingerprint density at radius 1 is 1.11 bits per heavy atom. The van der Waals surface area contributed by atoms with E-state index < -0.39 is 0 Å². The van der Waals surface area contributed by atoms with Gasteiger partial charge in [0.15, 0.2) is 0 Å². The predicted octanol–water partition coefficient (Wildman–Crippen LogP) is 2.40. The van der Waals surface area contributed by atoms with Crippen LogP contribution in [0.15, 0.2) is 0 Å². The molecule has 4 rings (SSSR count). The third kappa shape index (κ3) is 3.55. The number of aryl methyl sites for hydroxylation is 4. The minimum Gasteiger partial charge on any atom is -0.356 e. The predicted molar refractivity (Wildman–Crippen MR) is 104 cm³/mol. The van der Waals surface area contributed by atoms with E-state index in [-0.39, 0.29) is 11.9 Å². The largest absolute Gasteiger partial charge is 0.356 e. The van der Waals surface area contributed by atoms with Gasteiger partial charge in [0.05, 0.1) is 11.3 Å². The van der Waals surface area contributed by atoms with Crippen LogP contribution in [0.4, 0.5) is 5.82 Å². The van der Waals surface area contributed by atoms with Crippen LogP contribution in [-0.4, -0.2) is 45.2 Å². The van der Waals surface area contributed by atoms with E-state index in [0.29, 0.717) is 5.56 Å². The van der Waals surface area contributed by atoms with E-state index in [1.807, 2.05) is 20.8 Å². The molecule has 0 unspecified atom stereocenters. The summed E-state index contributed by atoms with van der Waals surface area (Å²) in [5.74, 6) is 1.97. The maximum absolute atomic E-state index is 12.6. The van der Waals surface area contributed by atoms with Crippen molar-refractivity contribution in [2.45, 2.75) is 65.3 Å². The number of hydrogen-bond acceptors (Lipinski definition) is 5. The van der Waals surface area contributed by atoms with Crippen LogP contribution in [0.3, 0.4) is 0 Å². The normalized spacial score (nSPS) is 17.7. The highest BCUT2D eigenvalue weighted by atomic mass is 16.1. The number of nitrogens with zero attached hydrogens (tertiary/aromatic N) is 4. The average Bonchev–Trinajstić information content (AvgIpc) is 3.00. The van der Waals surface area contributed by atoms with E-state index >= 15 is 0 Å². The van der Waals surface area contributed by atoms with E-state index in [1.165, 1.54) is 24.1 Å². The molecule has 2 aromatic heterocycles. The van der Waals surface area contributed by atoms with Crippen LogP contribution >= 0.6 is 0 Å². The summed E-state index contributed by atoms with van der Waals surface area (Å²) in [7, 11) is 0. The number of anilines is 1. The van der Waals surface area contributed by atoms with Crippen molar-refractivity contribution >= 4 is 11.7 Å². The summed E-state index contributed by atoms with van der Waals surface area (Å²) in [6.07, 6.45) is 6.47. The molecule has 0 atom stereocenters. The van der Waals surface area contributed by atoms with Crippen molar-refractivity contribution in [3.63, 3.8) is 0 Å². The van der Waals surface area contributed by atoms with Crippen LogP contribution in [-0.2, 0) is 12.8 Å². The number of H-pyrrole nitrogens is 1. The molecule has 1 fully saturated rings. The second-order valence-electron chi connectivity index (χ2n) is 7.77. The highest BCUT2D eigenvalue weighted by Gasteiger charge is 2.27. The van der Waals surface area contributed by atoms with Gasteiger partial charge in [0.2, 0.25) is 0 Å². The molecule has 144 valence electrons. The first kappa shape index (κ1) is 17.9. The van der Waals surface area contributed by atoms with Crippen molar-refractivity contribution in [3.8, 4) is 0 Å². The SMILES string of the molecule is Cc1nc2c(c(N3CCC(NC(=O)c4c(C)n[nH]c4C)CC3)n1)CCCC2. The number of hydrogen-bond donors (Lipinski definition) is 2. The smallest absolute Gasteiger partial charge is 0.255 e. The zero-order valence-corrected chi connectivity index (χ0v) is 16.4. The Bertz CT molecular complexity index is 831. The number of fused-ring (bicyclic) bond motifs is 1. The first-order chi connectivity index (χ1) is 13.0. The van der Waals surface area contributed by atoms with Crippen LogP contribution in [0.5, 0.6) is 0 Å². The van der Waals surface area contributed by atoms with E-state index in [1.54, 1.807) is 0 Å². The molecule has 1 saturated heterocycles. The zero-order valence-electron chi connectivity index (χ0n) is 16.4. The van der Waals surface area contributed by atoms with Gasteiger partial charge < -0.3 is 10.2 Å². The molecule has 27 heavy (non-hydrogen) atoms. The second-order valence-corrected chi connectivity index (χ2v) is 7.77. The summed E-state index contributed by atoms with van der Waals surface area (Å²) in [6.45, 7) is 7.56. The zero-order chi connectivity index (χ0) is 19.0. The lowest BCUT2D eigenvalue weighted by atomic mass is 9.95. The van der Waals surface area contributed by atoms with Crippen molar-refractivity contribution in [2.75, 3.05) is 18.0 Å².